The molecule has 0 saturated carbocycles. The normalized spacial score (nSPS) is 12.2. The molecule has 3 heteroatoms. The standard InChI is InChI=1S/C9H7BrFN/c1-6-3-2-4-7(9(6)11)8(10)5-12/h2-4,8H,1H3. The molecule has 1 aromatic carbocycles. The summed E-state index contributed by atoms with van der Waals surface area (Å²) < 4.78 is 13.3. The summed E-state index contributed by atoms with van der Waals surface area (Å²) in [5, 5.41) is 8.54. The quantitative estimate of drug-likeness (QED) is 0.677. The number of rotatable bonds is 1. The molecule has 0 radical (unpaired) electrons. The number of benzene rings is 1. The number of hydrogen-bond acceptors (Lipinski definition) is 1. The lowest BCUT2D eigenvalue weighted by atomic mass is 10.1. The number of nitrogens with zero attached hydrogens (tertiary/aromatic N) is 1. The van der Waals surface area contributed by atoms with Crippen LogP contribution in [0.3, 0.4) is 0 Å². The number of aryl methyl sites for hydroxylation is 1. The summed E-state index contributed by atoms with van der Waals surface area (Å²) in [6.07, 6.45) is 0. The Morgan fingerprint density at radius 2 is 2.25 bits per heavy atom. The molecule has 0 bridgehead atoms. The highest BCUT2D eigenvalue weighted by molar-refractivity contribution is 9.09. The highest BCUT2D eigenvalue weighted by Crippen LogP contribution is 2.25. The van der Waals surface area contributed by atoms with E-state index < -0.39 is 4.83 Å². The molecule has 0 aromatic heterocycles. The summed E-state index contributed by atoms with van der Waals surface area (Å²) in [6.45, 7) is 1.68. The van der Waals surface area contributed by atoms with Gasteiger partial charge in [0.2, 0.25) is 0 Å². The van der Waals surface area contributed by atoms with E-state index in [1.54, 1.807) is 25.1 Å². The smallest absolute Gasteiger partial charge is 0.131 e. The lowest BCUT2D eigenvalue weighted by Gasteiger charge is -2.04. The Morgan fingerprint density at radius 1 is 1.58 bits per heavy atom. The third-order valence-electron chi connectivity index (χ3n) is 1.61. The molecule has 0 N–H and O–H groups in total. The maximum absolute atomic E-state index is 13.3. The van der Waals surface area contributed by atoms with E-state index in [2.05, 4.69) is 15.9 Å². The zero-order valence-electron chi connectivity index (χ0n) is 6.51. The average Bonchev–Trinajstić information content (AvgIpc) is 2.08. The minimum atomic E-state index is -0.558. The van der Waals surface area contributed by atoms with Crippen molar-refractivity contribution in [2.45, 2.75) is 11.8 Å². The van der Waals surface area contributed by atoms with Crippen LogP contribution in [-0.2, 0) is 0 Å². The second kappa shape index (κ2) is 3.68. The molecule has 62 valence electrons. The number of nitriles is 1. The van der Waals surface area contributed by atoms with Gasteiger partial charge in [0.25, 0.3) is 0 Å². The van der Waals surface area contributed by atoms with Crippen LogP contribution in [0.25, 0.3) is 0 Å². The molecule has 0 spiro atoms. The second-order valence-electron chi connectivity index (χ2n) is 2.47. The molecule has 0 saturated heterocycles. The van der Waals surface area contributed by atoms with Gasteiger partial charge in [0, 0.05) is 5.56 Å². The Kier molecular flexibility index (Phi) is 2.83. The monoisotopic (exact) mass is 227 g/mol. The molecule has 1 rings (SSSR count). The van der Waals surface area contributed by atoms with Gasteiger partial charge in [-0.05, 0) is 12.5 Å². The van der Waals surface area contributed by atoms with Crippen molar-refractivity contribution in [2.75, 3.05) is 0 Å². The molecule has 0 heterocycles. The molecule has 1 aromatic rings. The fraction of sp³-hybridized carbons (Fsp3) is 0.222. The van der Waals surface area contributed by atoms with Gasteiger partial charge in [0.05, 0.1) is 6.07 Å². The molecule has 1 unspecified atom stereocenters. The van der Waals surface area contributed by atoms with Gasteiger partial charge in [-0.15, -0.1) is 0 Å². The van der Waals surface area contributed by atoms with Gasteiger partial charge in [-0.3, -0.25) is 0 Å². The van der Waals surface area contributed by atoms with Crippen LogP contribution in [0, 0.1) is 24.1 Å². The van der Waals surface area contributed by atoms with E-state index in [-0.39, 0.29) is 5.82 Å². The van der Waals surface area contributed by atoms with Crippen molar-refractivity contribution in [2.24, 2.45) is 0 Å². The predicted molar refractivity (Wildman–Crippen MR) is 48.4 cm³/mol. The Hall–Kier alpha value is -0.880. The van der Waals surface area contributed by atoms with E-state index >= 15 is 0 Å². The summed E-state index contributed by atoms with van der Waals surface area (Å²) in [4.78, 5) is -0.558. The molecule has 1 nitrogen and oxygen atoms in total. The zero-order valence-corrected chi connectivity index (χ0v) is 8.10. The van der Waals surface area contributed by atoms with Gasteiger partial charge in [-0.1, -0.05) is 34.1 Å². The fourth-order valence-electron chi connectivity index (χ4n) is 0.935. The second-order valence-corrected chi connectivity index (χ2v) is 3.39. The van der Waals surface area contributed by atoms with Crippen LogP contribution >= 0.6 is 15.9 Å². The van der Waals surface area contributed by atoms with Crippen LogP contribution in [0.4, 0.5) is 4.39 Å². The zero-order chi connectivity index (χ0) is 9.14. The first-order chi connectivity index (χ1) is 5.66. The van der Waals surface area contributed by atoms with Crippen molar-refractivity contribution in [3.05, 3.63) is 35.1 Å². The average molecular weight is 228 g/mol. The van der Waals surface area contributed by atoms with Gasteiger partial charge in [0.15, 0.2) is 0 Å². The summed E-state index contributed by atoms with van der Waals surface area (Å²) in [7, 11) is 0. The largest absolute Gasteiger partial charge is 0.206 e. The number of hydrogen-bond donors (Lipinski definition) is 0. The van der Waals surface area contributed by atoms with Gasteiger partial charge >= 0.3 is 0 Å². The van der Waals surface area contributed by atoms with E-state index in [9.17, 15) is 4.39 Å². The Morgan fingerprint density at radius 3 is 2.83 bits per heavy atom. The van der Waals surface area contributed by atoms with E-state index in [0.717, 1.165) is 0 Å². The topological polar surface area (TPSA) is 23.8 Å². The first-order valence-corrected chi connectivity index (χ1v) is 4.37. The van der Waals surface area contributed by atoms with Crippen molar-refractivity contribution >= 4 is 15.9 Å². The summed E-state index contributed by atoms with van der Waals surface area (Å²) in [5.74, 6) is -0.305. The fourth-order valence-corrected chi connectivity index (χ4v) is 1.29. The Bertz CT molecular complexity index is 330. The summed E-state index contributed by atoms with van der Waals surface area (Å²) in [5.41, 5.74) is 0.963. The third kappa shape index (κ3) is 1.64. The van der Waals surface area contributed by atoms with Crippen molar-refractivity contribution < 1.29 is 4.39 Å². The van der Waals surface area contributed by atoms with E-state index in [1.807, 2.05) is 6.07 Å². The molecule has 0 amide bonds. The predicted octanol–water partition coefficient (Wildman–Crippen LogP) is 3.09. The molecule has 12 heavy (non-hydrogen) atoms. The van der Waals surface area contributed by atoms with Crippen LogP contribution in [0.1, 0.15) is 16.0 Å². The highest BCUT2D eigenvalue weighted by Gasteiger charge is 2.12. The van der Waals surface area contributed by atoms with E-state index in [0.29, 0.717) is 11.1 Å². The third-order valence-corrected chi connectivity index (χ3v) is 2.31. The lowest BCUT2D eigenvalue weighted by Crippen LogP contribution is -1.93. The van der Waals surface area contributed by atoms with Gasteiger partial charge in [-0.2, -0.15) is 5.26 Å². The maximum atomic E-state index is 13.3. The number of alkyl halides is 1. The first kappa shape index (κ1) is 9.21. The minimum Gasteiger partial charge on any atom is -0.206 e. The molecule has 1 atom stereocenters. The van der Waals surface area contributed by atoms with Crippen molar-refractivity contribution in [3.8, 4) is 6.07 Å². The Labute approximate surface area is 79.0 Å². The van der Waals surface area contributed by atoms with Crippen LogP contribution in [0.2, 0.25) is 0 Å². The highest BCUT2D eigenvalue weighted by atomic mass is 79.9. The van der Waals surface area contributed by atoms with Crippen LogP contribution < -0.4 is 0 Å². The summed E-state index contributed by atoms with van der Waals surface area (Å²) in [6, 6.07) is 6.94. The maximum Gasteiger partial charge on any atom is 0.131 e. The minimum absolute atomic E-state index is 0.305. The molecular weight excluding hydrogens is 221 g/mol. The van der Waals surface area contributed by atoms with Crippen LogP contribution in [0.5, 0.6) is 0 Å². The molecule has 0 aliphatic carbocycles. The molecular formula is C9H7BrFN. The van der Waals surface area contributed by atoms with Crippen LogP contribution in [0.15, 0.2) is 18.2 Å². The van der Waals surface area contributed by atoms with Crippen molar-refractivity contribution in [3.63, 3.8) is 0 Å². The molecule has 0 aliphatic rings. The van der Waals surface area contributed by atoms with Gasteiger partial charge in [0.1, 0.15) is 10.6 Å². The number of halogens is 2. The van der Waals surface area contributed by atoms with Crippen molar-refractivity contribution in [1.82, 2.24) is 0 Å². The van der Waals surface area contributed by atoms with Gasteiger partial charge in [-0.25, -0.2) is 4.39 Å². The summed E-state index contributed by atoms with van der Waals surface area (Å²) >= 11 is 3.07. The molecule has 0 aliphatic heterocycles. The Balaban J connectivity index is 3.18. The van der Waals surface area contributed by atoms with Crippen molar-refractivity contribution in [1.29, 1.82) is 5.26 Å². The van der Waals surface area contributed by atoms with Crippen LogP contribution in [-0.4, -0.2) is 0 Å². The first-order valence-electron chi connectivity index (χ1n) is 3.45. The lowest BCUT2D eigenvalue weighted by molar-refractivity contribution is 0.606. The van der Waals surface area contributed by atoms with E-state index in [1.165, 1.54) is 0 Å². The van der Waals surface area contributed by atoms with E-state index in [4.69, 9.17) is 5.26 Å². The SMILES string of the molecule is Cc1cccc(C(Br)C#N)c1F. The van der Waals surface area contributed by atoms with Gasteiger partial charge < -0.3 is 0 Å². The molecule has 0 fully saturated rings.